The van der Waals surface area contributed by atoms with Gasteiger partial charge in [0.25, 0.3) is 0 Å². The zero-order valence-electron chi connectivity index (χ0n) is 10.5. The van der Waals surface area contributed by atoms with Gasteiger partial charge in [-0.15, -0.1) is 0 Å². The van der Waals surface area contributed by atoms with Crippen LogP contribution in [0, 0.1) is 5.82 Å². The van der Waals surface area contributed by atoms with Crippen LogP contribution in [-0.4, -0.2) is 41.1 Å². The number of hydrogen-bond donors (Lipinski definition) is 2. The number of carboxylic acid groups (broad SMARTS) is 1. The van der Waals surface area contributed by atoms with Crippen molar-refractivity contribution in [3.8, 4) is 5.75 Å². The van der Waals surface area contributed by atoms with Crippen LogP contribution in [0.3, 0.4) is 0 Å². The number of rotatable bonds is 1. The molecule has 1 aromatic rings. The molecule has 2 heterocycles. The Balaban J connectivity index is 1.94. The van der Waals surface area contributed by atoms with Crippen LogP contribution in [0.15, 0.2) is 16.6 Å². The summed E-state index contributed by atoms with van der Waals surface area (Å²) in [4.78, 5) is 23.5. The first kappa shape index (κ1) is 13.9. The molecule has 7 nitrogen and oxygen atoms in total. The highest BCUT2D eigenvalue weighted by atomic mass is 79.9. The molecule has 2 aliphatic heterocycles. The predicted molar refractivity (Wildman–Crippen MR) is 70.4 cm³/mol. The maximum atomic E-state index is 13.6. The molecule has 1 saturated heterocycles. The van der Waals surface area contributed by atoms with Gasteiger partial charge in [-0.3, -0.25) is 4.90 Å². The summed E-state index contributed by atoms with van der Waals surface area (Å²) < 4.78 is 24.3. The number of cyclic esters (lactones) is 1. The van der Waals surface area contributed by atoms with E-state index in [9.17, 15) is 19.1 Å². The molecule has 0 aliphatic carbocycles. The molecule has 0 unspecified atom stereocenters. The Hall–Kier alpha value is -2.03. The molecular formula is C12H10BrFN2O5. The van der Waals surface area contributed by atoms with Crippen molar-refractivity contribution in [2.75, 3.05) is 6.54 Å². The number of alkyl carbamates (subject to hydrolysis) is 1. The van der Waals surface area contributed by atoms with Gasteiger partial charge in [-0.25, -0.2) is 14.0 Å². The molecular weight excluding hydrogens is 351 g/mol. The highest BCUT2D eigenvalue weighted by Gasteiger charge is 2.42. The number of halogens is 2. The van der Waals surface area contributed by atoms with E-state index in [0.717, 1.165) is 4.90 Å². The molecule has 9 heteroatoms. The van der Waals surface area contributed by atoms with Crippen molar-refractivity contribution >= 4 is 28.1 Å². The van der Waals surface area contributed by atoms with Crippen LogP contribution in [0.2, 0.25) is 0 Å². The Morgan fingerprint density at radius 3 is 2.86 bits per heavy atom. The molecule has 0 saturated carbocycles. The van der Waals surface area contributed by atoms with E-state index in [0.29, 0.717) is 5.56 Å². The minimum absolute atomic E-state index is 0.0161. The van der Waals surface area contributed by atoms with E-state index < -0.39 is 30.3 Å². The molecule has 2 atom stereocenters. The average molecular weight is 361 g/mol. The van der Waals surface area contributed by atoms with Gasteiger partial charge >= 0.3 is 12.2 Å². The molecule has 2 amide bonds. The van der Waals surface area contributed by atoms with Crippen molar-refractivity contribution < 1.29 is 28.6 Å². The minimum atomic E-state index is -1.21. The maximum absolute atomic E-state index is 13.6. The number of amides is 2. The molecule has 2 N–H and O–H groups in total. The number of fused-ring (bicyclic) bond motifs is 1. The largest absolute Gasteiger partial charge is 0.466 e. The molecule has 0 spiro atoms. The van der Waals surface area contributed by atoms with E-state index in [1.165, 1.54) is 12.1 Å². The summed E-state index contributed by atoms with van der Waals surface area (Å²) in [6.45, 7) is 0.143. The SMILES string of the molecule is O=C1NC[C@@H]([C@@H]2Oc3cc(F)c(Br)cc3CN2C(=O)O)O1. The third-order valence-electron chi connectivity index (χ3n) is 3.27. The molecule has 21 heavy (non-hydrogen) atoms. The average Bonchev–Trinajstić information content (AvgIpc) is 2.85. The minimum Gasteiger partial charge on any atom is -0.466 e. The molecule has 0 bridgehead atoms. The summed E-state index contributed by atoms with van der Waals surface area (Å²) in [6.07, 6.45) is -3.65. The third-order valence-corrected chi connectivity index (χ3v) is 3.88. The van der Waals surface area contributed by atoms with Crippen LogP contribution < -0.4 is 10.1 Å². The maximum Gasteiger partial charge on any atom is 0.410 e. The lowest BCUT2D eigenvalue weighted by Crippen LogP contribution is -2.53. The Morgan fingerprint density at radius 1 is 1.48 bits per heavy atom. The van der Waals surface area contributed by atoms with Crippen molar-refractivity contribution in [1.29, 1.82) is 0 Å². The number of hydrogen-bond acceptors (Lipinski definition) is 4. The van der Waals surface area contributed by atoms with E-state index >= 15 is 0 Å². The second-order valence-electron chi connectivity index (χ2n) is 4.62. The lowest BCUT2D eigenvalue weighted by molar-refractivity contribution is -0.0577. The monoisotopic (exact) mass is 360 g/mol. The second kappa shape index (κ2) is 5.06. The normalized spacial score (nSPS) is 23.9. The first-order valence-electron chi connectivity index (χ1n) is 6.04. The summed E-state index contributed by atoms with van der Waals surface area (Å²) in [5.41, 5.74) is 0.527. The lowest BCUT2D eigenvalue weighted by atomic mass is 10.1. The fraction of sp³-hybridized carbons (Fsp3) is 0.333. The van der Waals surface area contributed by atoms with Gasteiger partial charge in [0.05, 0.1) is 17.6 Å². The van der Waals surface area contributed by atoms with E-state index in [2.05, 4.69) is 21.2 Å². The van der Waals surface area contributed by atoms with Gasteiger partial charge in [-0.2, -0.15) is 0 Å². The molecule has 112 valence electrons. The Morgan fingerprint density at radius 2 is 2.24 bits per heavy atom. The smallest absolute Gasteiger partial charge is 0.410 e. The van der Waals surface area contributed by atoms with Crippen LogP contribution in [0.25, 0.3) is 0 Å². The van der Waals surface area contributed by atoms with Crippen molar-refractivity contribution in [2.45, 2.75) is 18.9 Å². The van der Waals surface area contributed by atoms with E-state index in [4.69, 9.17) is 9.47 Å². The second-order valence-corrected chi connectivity index (χ2v) is 5.47. The van der Waals surface area contributed by atoms with Crippen molar-refractivity contribution in [3.63, 3.8) is 0 Å². The molecule has 0 aromatic heterocycles. The van der Waals surface area contributed by atoms with Crippen LogP contribution in [-0.2, 0) is 11.3 Å². The van der Waals surface area contributed by atoms with E-state index in [1.807, 2.05) is 0 Å². The molecule has 3 rings (SSSR count). The van der Waals surface area contributed by atoms with Gasteiger partial charge in [-0.05, 0) is 22.0 Å². The van der Waals surface area contributed by atoms with E-state index in [-0.39, 0.29) is 23.3 Å². The standard InChI is InChI=1S/C12H10BrFN2O5/c13-6-1-5-4-16(12(18)19)10(9-3-15-11(17)21-9)20-8(5)2-7(6)14/h1-2,9-10H,3-4H2,(H,15,17)(H,18,19)/t9-,10-/m0/s1. The van der Waals surface area contributed by atoms with Gasteiger partial charge in [0, 0.05) is 11.6 Å². The van der Waals surface area contributed by atoms with Crippen molar-refractivity contribution in [3.05, 3.63) is 28.0 Å². The van der Waals surface area contributed by atoms with E-state index in [1.54, 1.807) is 0 Å². The van der Waals surface area contributed by atoms with Crippen molar-refractivity contribution in [2.24, 2.45) is 0 Å². The predicted octanol–water partition coefficient (Wildman–Crippen LogP) is 1.90. The lowest BCUT2D eigenvalue weighted by Gasteiger charge is -2.37. The van der Waals surface area contributed by atoms with Crippen LogP contribution in [0.4, 0.5) is 14.0 Å². The summed E-state index contributed by atoms with van der Waals surface area (Å²) in [5, 5.41) is 11.7. The first-order valence-corrected chi connectivity index (χ1v) is 6.83. The number of nitrogens with zero attached hydrogens (tertiary/aromatic N) is 1. The first-order chi connectivity index (χ1) is 9.95. The summed E-state index contributed by atoms with van der Waals surface area (Å²) >= 11 is 3.04. The fourth-order valence-corrected chi connectivity index (χ4v) is 2.68. The number of ether oxygens (including phenoxy) is 2. The zero-order valence-corrected chi connectivity index (χ0v) is 12.1. The number of benzene rings is 1. The summed E-state index contributed by atoms with van der Waals surface area (Å²) in [5.74, 6) is -0.279. The summed E-state index contributed by atoms with van der Waals surface area (Å²) in [7, 11) is 0. The van der Waals surface area contributed by atoms with Gasteiger partial charge in [0.1, 0.15) is 11.6 Å². The van der Waals surface area contributed by atoms with Crippen LogP contribution >= 0.6 is 15.9 Å². The van der Waals surface area contributed by atoms with Gasteiger partial charge in [0.2, 0.25) is 6.23 Å². The number of carbonyl (C=O) groups excluding carboxylic acids is 1. The fourth-order valence-electron chi connectivity index (χ4n) is 2.29. The third kappa shape index (κ3) is 2.48. The molecule has 2 aliphatic rings. The van der Waals surface area contributed by atoms with Crippen molar-refractivity contribution in [1.82, 2.24) is 10.2 Å². The molecule has 1 fully saturated rings. The van der Waals surface area contributed by atoms with Gasteiger partial charge in [0.15, 0.2) is 6.10 Å². The quantitative estimate of drug-likeness (QED) is 0.798. The zero-order chi connectivity index (χ0) is 15.1. The number of nitrogens with one attached hydrogen (secondary N) is 1. The van der Waals surface area contributed by atoms with Gasteiger partial charge in [-0.1, -0.05) is 0 Å². The van der Waals surface area contributed by atoms with Gasteiger partial charge < -0.3 is 19.9 Å². The topological polar surface area (TPSA) is 88.1 Å². The van der Waals surface area contributed by atoms with Crippen LogP contribution in [0.1, 0.15) is 5.56 Å². The highest BCUT2D eigenvalue weighted by Crippen LogP contribution is 2.34. The summed E-state index contributed by atoms with van der Waals surface area (Å²) in [6, 6.07) is 2.64. The Bertz CT molecular complexity index is 626. The highest BCUT2D eigenvalue weighted by molar-refractivity contribution is 9.10. The van der Waals surface area contributed by atoms with Crippen LogP contribution in [0.5, 0.6) is 5.75 Å². The Kier molecular flexibility index (Phi) is 3.36. The number of carbonyl (C=O) groups is 2. The molecule has 1 aromatic carbocycles. The Labute approximate surface area is 126 Å². The molecule has 0 radical (unpaired) electrons.